The molecule has 0 N–H and O–H groups in total. The van der Waals surface area contributed by atoms with Gasteiger partial charge in [0.25, 0.3) is 0 Å². The molecule has 0 aliphatic rings. The summed E-state index contributed by atoms with van der Waals surface area (Å²) in [5.74, 6) is 2.59. The molecule has 0 atom stereocenters. The Kier molecular flexibility index (Phi) is 16.7. The lowest BCUT2D eigenvalue weighted by molar-refractivity contribution is 1.07. The quantitative estimate of drug-likeness (QED) is 0.121. The average Bonchev–Trinajstić information content (AvgIpc) is 1.54. The number of aromatic nitrogens is 11. The summed E-state index contributed by atoms with van der Waals surface area (Å²) in [7, 11) is 0. The van der Waals surface area contributed by atoms with Gasteiger partial charge in [-0.25, -0.2) is 24.9 Å². The van der Waals surface area contributed by atoms with Crippen molar-refractivity contribution < 1.29 is 0 Å². The lowest BCUT2D eigenvalue weighted by Crippen LogP contribution is -2.00. The highest BCUT2D eigenvalue weighted by Gasteiger charge is 2.27. The normalized spacial score (nSPS) is 11.8. The third-order valence-corrected chi connectivity index (χ3v) is 25.1. The van der Waals surface area contributed by atoms with E-state index in [0.717, 1.165) is 128 Å². The highest BCUT2D eigenvalue weighted by Crippen LogP contribution is 2.48. The van der Waals surface area contributed by atoms with Crippen molar-refractivity contribution in [3.63, 3.8) is 0 Å². The van der Waals surface area contributed by atoms with Crippen LogP contribution in [-0.2, 0) is 0 Å². The first-order valence-electron chi connectivity index (χ1n) is 42.7. The predicted octanol–water partition coefficient (Wildman–Crippen LogP) is 28.9. The fourth-order valence-electron chi connectivity index (χ4n) is 19.6. The third kappa shape index (κ3) is 11.6. The molecule has 0 spiro atoms. The number of hydrogen-bond acceptors (Lipinski definition) is 5. The van der Waals surface area contributed by atoms with Crippen molar-refractivity contribution in [2.75, 3.05) is 0 Å². The maximum atomic E-state index is 5.28. The van der Waals surface area contributed by atoms with Gasteiger partial charge in [-0.05, 0) is 158 Å². The zero-order valence-electron chi connectivity index (χ0n) is 68.1. The van der Waals surface area contributed by atoms with Crippen LogP contribution in [0.4, 0.5) is 0 Å². The fraction of sp³-hybridized carbons (Fsp3) is 0. The summed E-state index contributed by atoms with van der Waals surface area (Å²) in [4.78, 5) is 25.7. The Morgan fingerprint density at radius 1 is 0.135 bits per heavy atom. The number of para-hydroxylation sites is 8. The van der Waals surface area contributed by atoms with E-state index in [1.807, 2.05) is 60.7 Å². The van der Waals surface area contributed by atoms with E-state index in [0.29, 0.717) is 23.3 Å². The molecule has 0 saturated carbocycles. The highest BCUT2D eigenvalue weighted by molar-refractivity contribution is 6.29. The summed E-state index contributed by atoms with van der Waals surface area (Å²) < 4.78 is 14.5. The van der Waals surface area contributed by atoms with Crippen LogP contribution in [-0.4, -0.2) is 52.3 Å². The van der Waals surface area contributed by atoms with Gasteiger partial charge in [0, 0.05) is 132 Å². The van der Waals surface area contributed by atoms with Crippen molar-refractivity contribution in [1.29, 1.82) is 0 Å². The molecule has 0 aliphatic carbocycles. The van der Waals surface area contributed by atoms with Gasteiger partial charge in [-0.15, -0.1) is 0 Å². The molecule has 0 fully saturated rings. The Morgan fingerprint density at radius 2 is 0.397 bits per heavy atom. The zero-order chi connectivity index (χ0) is 82.9. The molecule has 0 saturated heterocycles. The minimum Gasteiger partial charge on any atom is -0.309 e. The van der Waals surface area contributed by atoms with Gasteiger partial charge < -0.3 is 27.4 Å². The highest BCUT2D eigenvalue weighted by atomic mass is 15.1. The second kappa shape index (κ2) is 29.3. The first-order valence-corrected chi connectivity index (χ1v) is 42.7. The molecule has 0 amide bonds. The second-order valence-corrected chi connectivity index (χ2v) is 32.2. The van der Waals surface area contributed by atoms with E-state index < -0.39 is 0 Å². The first kappa shape index (κ1) is 71.7. The summed E-state index contributed by atoms with van der Waals surface area (Å²) >= 11 is 0. The summed E-state index contributed by atoms with van der Waals surface area (Å²) in [6.07, 6.45) is 0. The molecule has 8 heterocycles. The van der Waals surface area contributed by atoms with Crippen LogP contribution in [0.1, 0.15) is 0 Å². The number of benzene rings is 18. The average molecular weight is 1610 g/mol. The van der Waals surface area contributed by atoms with Crippen LogP contribution in [0.25, 0.3) is 233 Å². The van der Waals surface area contributed by atoms with E-state index in [9.17, 15) is 0 Å². The molecule has 0 unspecified atom stereocenters. The number of nitrogens with zero attached hydrogens (tertiary/aromatic N) is 11. The Bertz CT molecular complexity index is 8170. The molecule has 0 aliphatic heterocycles. The van der Waals surface area contributed by atoms with Crippen molar-refractivity contribution >= 4 is 131 Å². The van der Waals surface area contributed by atoms with E-state index in [4.69, 9.17) is 24.9 Å². The van der Waals surface area contributed by atoms with E-state index >= 15 is 0 Å². The molecule has 0 bridgehead atoms. The van der Waals surface area contributed by atoms with Gasteiger partial charge in [0.15, 0.2) is 23.3 Å². The van der Waals surface area contributed by atoms with E-state index in [1.165, 1.54) is 81.6 Å². The molecule has 0 radical (unpaired) electrons. The van der Waals surface area contributed by atoms with Gasteiger partial charge in [0.2, 0.25) is 0 Å². The van der Waals surface area contributed by atoms with Crippen molar-refractivity contribution in [3.05, 3.63) is 443 Å². The molecule has 26 aromatic rings. The fourth-order valence-corrected chi connectivity index (χ4v) is 19.6. The molecular weight excluding hydrogens is 1540 g/mol. The molecule has 11 nitrogen and oxygen atoms in total. The minimum atomic E-state index is 0.622. The molecule has 18 aromatic carbocycles. The standard InChI is InChI=1S/C58H37N5.C57H36N6/c1-5-17-38(18-6-1)49-37-50(60-58(59-49)39-19-7-2-8-20-39)40-29-32-54-48(35-40)56-55(34-31-46-44-25-13-16-28-52(44)63(57(46)56)42-23-11-4-12-24-42)62(54)43-30-33-53-47(36-43)45-26-14-15-27-51(45)61(53)41-21-9-3-10-22-41;1-5-17-37(18-6-1)55-58-56(38-19-7-2-8-20-38)60-57(59-55)39-29-32-51-47(35-39)53-52(34-31-45-43-25-13-16-28-49(43)63(54(45)53)41-23-11-4-12-24-41)62(51)42-30-33-50-46(36-42)44-26-14-15-27-48(44)61(50)40-21-9-3-10-22-40/h1-37H;1-36H. The Labute approximate surface area is 723 Å². The topological polar surface area (TPSA) is 94.0 Å². The molecule has 588 valence electrons. The maximum absolute atomic E-state index is 5.28. The van der Waals surface area contributed by atoms with Crippen molar-refractivity contribution in [2.24, 2.45) is 0 Å². The summed E-state index contributed by atoms with van der Waals surface area (Å²) in [5, 5.41) is 14.3. The smallest absolute Gasteiger partial charge is 0.164 e. The lowest BCUT2D eigenvalue weighted by Gasteiger charge is -2.11. The monoisotopic (exact) mass is 1610 g/mol. The van der Waals surface area contributed by atoms with Crippen LogP contribution < -0.4 is 0 Å². The molecule has 26 rings (SSSR count). The summed E-state index contributed by atoms with van der Waals surface area (Å²) in [5.41, 5.74) is 28.2. The third-order valence-electron chi connectivity index (χ3n) is 25.1. The zero-order valence-corrected chi connectivity index (χ0v) is 68.1. The Hall–Kier alpha value is -17.2. The summed E-state index contributed by atoms with van der Waals surface area (Å²) in [6.45, 7) is 0. The van der Waals surface area contributed by atoms with Crippen LogP contribution in [0, 0.1) is 0 Å². The maximum Gasteiger partial charge on any atom is 0.164 e. The van der Waals surface area contributed by atoms with Gasteiger partial charge in [0.05, 0.1) is 77.6 Å². The number of hydrogen-bond donors (Lipinski definition) is 0. The Balaban J connectivity index is 0.000000137. The van der Waals surface area contributed by atoms with Gasteiger partial charge in [-0.1, -0.05) is 285 Å². The van der Waals surface area contributed by atoms with E-state index in [1.54, 1.807) is 0 Å². The van der Waals surface area contributed by atoms with Crippen LogP contribution >= 0.6 is 0 Å². The van der Waals surface area contributed by atoms with Crippen LogP contribution in [0.2, 0.25) is 0 Å². The van der Waals surface area contributed by atoms with Crippen LogP contribution in [0.5, 0.6) is 0 Å². The molecular formula is C115H73N11. The number of rotatable bonds is 12. The van der Waals surface area contributed by atoms with Crippen molar-refractivity contribution in [2.45, 2.75) is 0 Å². The predicted molar refractivity (Wildman–Crippen MR) is 521 cm³/mol. The van der Waals surface area contributed by atoms with Crippen LogP contribution in [0.3, 0.4) is 0 Å². The molecule has 126 heavy (non-hydrogen) atoms. The van der Waals surface area contributed by atoms with Gasteiger partial charge in [-0.3, -0.25) is 0 Å². The Morgan fingerprint density at radius 3 is 0.794 bits per heavy atom. The SMILES string of the molecule is c1ccc(-c2cc(-c3ccc4c(c3)c3c(ccc5c6ccccc6n(-c6ccccc6)c53)n4-c3ccc4c(c3)c3ccccc3n4-c3ccccc3)nc(-c3ccccc3)n2)cc1.c1ccc(-c2nc(-c3ccccc3)nc(-c3ccc4c(c3)c3c(ccc5c6ccccc6n(-c6ccccc6)c53)n4-c3ccc4c(c3)c3ccccc3n4-c3ccccc3)n2)cc1. The van der Waals surface area contributed by atoms with E-state index in [2.05, 4.69) is 410 Å². The molecule has 8 aromatic heterocycles. The summed E-state index contributed by atoms with van der Waals surface area (Å²) in [6, 6.07) is 158. The lowest BCUT2D eigenvalue weighted by atomic mass is 10.0. The largest absolute Gasteiger partial charge is 0.309 e. The van der Waals surface area contributed by atoms with Gasteiger partial charge in [0.1, 0.15) is 0 Å². The van der Waals surface area contributed by atoms with Crippen LogP contribution in [0.15, 0.2) is 443 Å². The van der Waals surface area contributed by atoms with E-state index in [-0.39, 0.29) is 0 Å². The van der Waals surface area contributed by atoms with Gasteiger partial charge >= 0.3 is 0 Å². The van der Waals surface area contributed by atoms with Crippen molar-refractivity contribution in [3.8, 4) is 102 Å². The molecule has 11 heteroatoms. The first-order chi connectivity index (χ1) is 62.5. The number of fused-ring (bicyclic) bond motifs is 20. The minimum absolute atomic E-state index is 0.622. The second-order valence-electron chi connectivity index (χ2n) is 32.2. The van der Waals surface area contributed by atoms with Crippen molar-refractivity contribution in [1.82, 2.24) is 52.3 Å². The van der Waals surface area contributed by atoms with Gasteiger partial charge in [-0.2, -0.15) is 0 Å².